The maximum absolute atomic E-state index is 11.8. The highest BCUT2D eigenvalue weighted by Gasteiger charge is 2.04. The molecule has 2 aromatic rings. The van der Waals surface area contributed by atoms with E-state index in [4.69, 9.17) is 0 Å². The predicted octanol–water partition coefficient (Wildman–Crippen LogP) is 2.62. The Morgan fingerprint density at radius 1 is 1.18 bits per heavy atom. The van der Waals surface area contributed by atoms with Gasteiger partial charge >= 0.3 is 0 Å². The summed E-state index contributed by atoms with van der Waals surface area (Å²) in [5.41, 5.74) is 1.52. The maximum Gasteiger partial charge on any atom is 0.251 e. The monoisotopic (exact) mass is 338 g/mol. The van der Waals surface area contributed by atoms with Gasteiger partial charge in [0.2, 0.25) is 0 Å². The van der Waals surface area contributed by atoms with Gasteiger partial charge in [-0.05, 0) is 59.0 Å². The van der Waals surface area contributed by atoms with Crippen LogP contribution in [0.2, 0.25) is 0 Å². The van der Waals surface area contributed by atoms with Gasteiger partial charge < -0.3 is 5.32 Å². The third-order valence-corrected chi connectivity index (χ3v) is 2.98. The quantitative estimate of drug-likeness (QED) is 0.875. The largest absolute Gasteiger partial charge is 0.346 e. The van der Waals surface area contributed by atoms with Gasteiger partial charge in [0.05, 0.1) is 12.2 Å². The third-order valence-electron chi connectivity index (χ3n) is 2.26. The standard InChI is InChI=1S/C13H11IN2O/c14-11-6-4-10(5-7-11)13(17)16-9-12-3-1-2-8-15-12/h1-8H,9H2,(H,16,17). The van der Waals surface area contributed by atoms with Gasteiger partial charge in [-0.2, -0.15) is 0 Å². The van der Waals surface area contributed by atoms with Gasteiger partial charge in [0, 0.05) is 15.3 Å². The van der Waals surface area contributed by atoms with Crippen LogP contribution >= 0.6 is 22.6 Å². The van der Waals surface area contributed by atoms with Crippen LogP contribution in [-0.4, -0.2) is 10.9 Å². The number of hydrogen-bond donors (Lipinski definition) is 1. The van der Waals surface area contributed by atoms with Crippen LogP contribution in [0.5, 0.6) is 0 Å². The van der Waals surface area contributed by atoms with Crippen molar-refractivity contribution in [1.82, 2.24) is 10.3 Å². The second kappa shape index (κ2) is 5.77. The van der Waals surface area contributed by atoms with Crippen molar-refractivity contribution in [1.29, 1.82) is 0 Å². The topological polar surface area (TPSA) is 42.0 Å². The summed E-state index contributed by atoms with van der Waals surface area (Å²) >= 11 is 2.21. The molecule has 1 N–H and O–H groups in total. The highest BCUT2D eigenvalue weighted by Crippen LogP contribution is 2.06. The van der Waals surface area contributed by atoms with Crippen LogP contribution < -0.4 is 5.32 Å². The van der Waals surface area contributed by atoms with E-state index in [1.54, 1.807) is 6.20 Å². The molecule has 2 rings (SSSR count). The summed E-state index contributed by atoms with van der Waals surface area (Å²) in [5, 5.41) is 2.83. The number of halogens is 1. The summed E-state index contributed by atoms with van der Waals surface area (Å²) in [5.74, 6) is -0.0768. The number of pyridine rings is 1. The van der Waals surface area contributed by atoms with E-state index >= 15 is 0 Å². The van der Waals surface area contributed by atoms with E-state index in [0.717, 1.165) is 9.26 Å². The second-order valence-electron chi connectivity index (χ2n) is 3.51. The van der Waals surface area contributed by atoms with Gasteiger partial charge in [0.25, 0.3) is 5.91 Å². The molecule has 0 fully saturated rings. The van der Waals surface area contributed by atoms with E-state index < -0.39 is 0 Å². The molecule has 1 amide bonds. The first-order chi connectivity index (χ1) is 8.25. The van der Waals surface area contributed by atoms with Crippen molar-refractivity contribution in [3.63, 3.8) is 0 Å². The molecule has 0 aliphatic heterocycles. The molecule has 1 heterocycles. The predicted molar refractivity (Wildman–Crippen MR) is 74.6 cm³/mol. The zero-order valence-corrected chi connectivity index (χ0v) is 11.2. The first kappa shape index (κ1) is 12.0. The lowest BCUT2D eigenvalue weighted by atomic mass is 10.2. The summed E-state index contributed by atoms with van der Waals surface area (Å²) in [6, 6.07) is 13.1. The van der Waals surface area contributed by atoms with E-state index in [0.29, 0.717) is 12.1 Å². The zero-order chi connectivity index (χ0) is 12.1. The number of aromatic nitrogens is 1. The van der Waals surface area contributed by atoms with Crippen LogP contribution in [0.3, 0.4) is 0 Å². The average Bonchev–Trinajstić information content (AvgIpc) is 2.38. The van der Waals surface area contributed by atoms with Gasteiger partial charge in [-0.3, -0.25) is 9.78 Å². The van der Waals surface area contributed by atoms with Crippen LogP contribution in [0.25, 0.3) is 0 Å². The van der Waals surface area contributed by atoms with Gasteiger partial charge in [-0.25, -0.2) is 0 Å². The lowest BCUT2D eigenvalue weighted by molar-refractivity contribution is 0.0950. The Morgan fingerprint density at radius 3 is 2.59 bits per heavy atom. The molecule has 0 aliphatic carbocycles. The van der Waals surface area contributed by atoms with E-state index in [-0.39, 0.29) is 5.91 Å². The second-order valence-corrected chi connectivity index (χ2v) is 4.76. The van der Waals surface area contributed by atoms with E-state index in [1.165, 1.54) is 0 Å². The number of nitrogens with zero attached hydrogens (tertiary/aromatic N) is 1. The average molecular weight is 338 g/mol. The molecule has 0 spiro atoms. The van der Waals surface area contributed by atoms with Crippen molar-refractivity contribution in [2.75, 3.05) is 0 Å². The van der Waals surface area contributed by atoms with Crippen LogP contribution in [-0.2, 0) is 6.54 Å². The summed E-state index contributed by atoms with van der Waals surface area (Å²) < 4.78 is 1.11. The van der Waals surface area contributed by atoms with Crippen molar-refractivity contribution in [2.24, 2.45) is 0 Å². The van der Waals surface area contributed by atoms with E-state index in [1.807, 2.05) is 42.5 Å². The number of amides is 1. The first-order valence-electron chi connectivity index (χ1n) is 5.19. The number of rotatable bonds is 3. The smallest absolute Gasteiger partial charge is 0.251 e. The number of benzene rings is 1. The minimum absolute atomic E-state index is 0.0768. The van der Waals surface area contributed by atoms with Crippen molar-refractivity contribution in [3.8, 4) is 0 Å². The van der Waals surface area contributed by atoms with E-state index in [9.17, 15) is 4.79 Å². The lowest BCUT2D eigenvalue weighted by Gasteiger charge is -2.04. The molecule has 4 heteroatoms. The molecule has 86 valence electrons. The van der Waals surface area contributed by atoms with Crippen LogP contribution in [0.4, 0.5) is 0 Å². The molecule has 0 saturated heterocycles. The molecule has 17 heavy (non-hydrogen) atoms. The molecule has 0 saturated carbocycles. The third kappa shape index (κ3) is 3.52. The van der Waals surface area contributed by atoms with Crippen molar-refractivity contribution in [2.45, 2.75) is 6.54 Å². The molecule has 0 atom stereocenters. The summed E-state index contributed by atoms with van der Waals surface area (Å²) in [6.07, 6.45) is 1.71. The molecule has 0 bridgehead atoms. The number of carbonyl (C=O) groups excluding carboxylic acids is 1. The first-order valence-corrected chi connectivity index (χ1v) is 6.27. The Morgan fingerprint density at radius 2 is 1.94 bits per heavy atom. The van der Waals surface area contributed by atoms with Crippen LogP contribution in [0, 0.1) is 3.57 Å². The Bertz CT molecular complexity index is 497. The normalized spacial score (nSPS) is 9.94. The van der Waals surface area contributed by atoms with Gasteiger partial charge in [-0.1, -0.05) is 6.07 Å². The van der Waals surface area contributed by atoms with Gasteiger partial charge in [0.15, 0.2) is 0 Å². The Labute approximate surface area is 113 Å². The summed E-state index contributed by atoms with van der Waals surface area (Å²) in [7, 11) is 0. The van der Waals surface area contributed by atoms with E-state index in [2.05, 4.69) is 32.9 Å². The molecule has 0 radical (unpaired) electrons. The minimum Gasteiger partial charge on any atom is -0.346 e. The Balaban J connectivity index is 1.96. The molecular weight excluding hydrogens is 327 g/mol. The highest BCUT2D eigenvalue weighted by molar-refractivity contribution is 14.1. The molecule has 0 aliphatic rings. The fourth-order valence-electron chi connectivity index (χ4n) is 1.38. The molecular formula is C13H11IN2O. The molecule has 1 aromatic heterocycles. The minimum atomic E-state index is -0.0768. The molecule has 3 nitrogen and oxygen atoms in total. The summed E-state index contributed by atoms with van der Waals surface area (Å²) in [4.78, 5) is 15.9. The van der Waals surface area contributed by atoms with Gasteiger partial charge in [0.1, 0.15) is 0 Å². The summed E-state index contributed by atoms with van der Waals surface area (Å²) in [6.45, 7) is 0.450. The van der Waals surface area contributed by atoms with Crippen molar-refractivity contribution in [3.05, 3.63) is 63.5 Å². The maximum atomic E-state index is 11.8. The van der Waals surface area contributed by atoms with Crippen LogP contribution in [0.1, 0.15) is 16.1 Å². The Kier molecular flexibility index (Phi) is 4.08. The fourth-order valence-corrected chi connectivity index (χ4v) is 1.74. The highest BCUT2D eigenvalue weighted by atomic mass is 127. The number of hydrogen-bond acceptors (Lipinski definition) is 2. The van der Waals surface area contributed by atoms with Crippen molar-refractivity contribution < 1.29 is 4.79 Å². The Hall–Kier alpha value is -1.43. The fraction of sp³-hybridized carbons (Fsp3) is 0.0769. The van der Waals surface area contributed by atoms with Crippen molar-refractivity contribution >= 4 is 28.5 Å². The van der Waals surface area contributed by atoms with Gasteiger partial charge in [-0.15, -0.1) is 0 Å². The lowest BCUT2D eigenvalue weighted by Crippen LogP contribution is -2.23. The molecule has 1 aromatic carbocycles. The van der Waals surface area contributed by atoms with Crippen LogP contribution in [0.15, 0.2) is 48.7 Å². The SMILES string of the molecule is O=C(NCc1ccccn1)c1ccc(I)cc1. The molecule has 0 unspecified atom stereocenters. The zero-order valence-electron chi connectivity index (χ0n) is 9.06. The number of nitrogens with one attached hydrogen (secondary N) is 1. The number of carbonyl (C=O) groups is 1.